The molecule has 0 aliphatic heterocycles. The molecular weight excluding hydrogens is 288 g/mol. The summed E-state index contributed by atoms with van der Waals surface area (Å²) in [4.78, 5) is 12.7. The van der Waals surface area contributed by atoms with E-state index >= 15 is 0 Å². The number of methoxy groups -OCH3 is 1. The Kier molecular flexibility index (Phi) is 2.39. The van der Waals surface area contributed by atoms with Gasteiger partial charge in [-0.25, -0.2) is 0 Å². The van der Waals surface area contributed by atoms with Crippen LogP contribution in [0.2, 0.25) is 0 Å². The van der Waals surface area contributed by atoms with E-state index in [1.807, 2.05) is 0 Å². The van der Waals surface area contributed by atoms with Gasteiger partial charge < -0.3 is 23.8 Å². The Bertz CT molecular complexity index is 1100. The van der Waals surface area contributed by atoms with Crippen molar-refractivity contribution in [1.82, 2.24) is 0 Å². The van der Waals surface area contributed by atoms with E-state index in [4.69, 9.17) is 13.6 Å². The van der Waals surface area contributed by atoms with Crippen molar-refractivity contribution in [3.63, 3.8) is 0 Å². The van der Waals surface area contributed by atoms with E-state index in [0.29, 0.717) is 5.39 Å². The van der Waals surface area contributed by atoms with Crippen LogP contribution in [0.25, 0.3) is 33.1 Å². The van der Waals surface area contributed by atoms with Gasteiger partial charge in [0.25, 0.3) is 0 Å². The summed E-state index contributed by atoms with van der Waals surface area (Å²) in [5.74, 6) is -0.0271. The maximum atomic E-state index is 12.7. The fraction of sp³-hybridized carbons (Fsp3) is 0.0625. The van der Waals surface area contributed by atoms with E-state index in [1.54, 1.807) is 12.1 Å². The van der Waals surface area contributed by atoms with Crippen LogP contribution in [0.4, 0.5) is 0 Å². The van der Waals surface area contributed by atoms with Gasteiger partial charge in [-0.2, -0.15) is 0 Å². The summed E-state index contributed by atoms with van der Waals surface area (Å²) in [5.41, 5.74) is 0.0640. The molecule has 4 aromatic rings. The van der Waals surface area contributed by atoms with Gasteiger partial charge in [-0.05, 0) is 18.2 Å². The smallest absolute Gasteiger partial charge is 0.302 e. The van der Waals surface area contributed by atoms with Crippen LogP contribution in [0.5, 0.6) is 17.2 Å². The van der Waals surface area contributed by atoms with Crippen LogP contribution in [0.15, 0.2) is 44.0 Å². The van der Waals surface area contributed by atoms with Gasteiger partial charge in [0, 0.05) is 11.5 Å². The van der Waals surface area contributed by atoms with Gasteiger partial charge in [-0.15, -0.1) is 0 Å². The Labute approximate surface area is 122 Å². The van der Waals surface area contributed by atoms with E-state index in [-0.39, 0.29) is 50.4 Å². The number of aromatic hydroxyl groups is 2. The molecule has 0 saturated heterocycles. The summed E-state index contributed by atoms with van der Waals surface area (Å²) in [6, 6.07) is 7.44. The normalized spacial score (nSPS) is 11.5. The quantitative estimate of drug-likeness (QED) is 0.561. The molecule has 22 heavy (non-hydrogen) atoms. The molecule has 0 spiro atoms. The number of furan rings is 1. The predicted molar refractivity (Wildman–Crippen MR) is 79.6 cm³/mol. The van der Waals surface area contributed by atoms with Gasteiger partial charge in [0.15, 0.2) is 22.8 Å². The van der Waals surface area contributed by atoms with Gasteiger partial charge >= 0.3 is 5.78 Å². The first-order valence-corrected chi connectivity index (χ1v) is 6.48. The predicted octanol–water partition coefficient (Wildman–Crippen LogP) is 3.11. The molecule has 0 bridgehead atoms. The number of para-hydroxylation sites is 1. The minimum Gasteiger partial charge on any atom is -0.504 e. The zero-order chi connectivity index (χ0) is 15.4. The number of phenols is 2. The van der Waals surface area contributed by atoms with Crippen molar-refractivity contribution in [2.24, 2.45) is 0 Å². The van der Waals surface area contributed by atoms with Crippen LogP contribution >= 0.6 is 0 Å². The molecule has 0 unspecified atom stereocenters. The Hall–Kier alpha value is -3.15. The Balaban J connectivity index is 2.26. The number of benzene rings is 2. The van der Waals surface area contributed by atoms with Crippen LogP contribution in [0.1, 0.15) is 0 Å². The van der Waals surface area contributed by atoms with Gasteiger partial charge in [0.1, 0.15) is 11.0 Å². The lowest BCUT2D eigenvalue weighted by atomic mass is 10.1. The molecule has 0 radical (unpaired) electrons. The third kappa shape index (κ3) is 1.52. The van der Waals surface area contributed by atoms with Crippen LogP contribution < -0.4 is 10.2 Å². The molecule has 0 aliphatic carbocycles. The molecule has 110 valence electrons. The van der Waals surface area contributed by atoms with Gasteiger partial charge in [-0.3, -0.25) is 4.79 Å². The Morgan fingerprint density at radius 3 is 2.64 bits per heavy atom. The second-order valence-electron chi connectivity index (χ2n) is 4.87. The zero-order valence-electron chi connectivity index (χ0n) is 11.4. The zero-order valence-corrected chi connectivity index (χ0v) is 11.4. The van der Waals surface area contributed by atoms with Gasteiger partial charge in [0.2, 0.25) is 5.43 Å². The van der Waals surface area contributed by atoms with Gasteiger partial charge in [-0.1, -0.05) is 6.07 Å². The molecule has 6 heteroatoms. The first-order valence-electron chi connectivity index (χ1n) is 6.48. The summed E-state index contributed by atoms with van der Waals surface area (Å²) >= 11 is 0. The van der Waals surface area contributed by atoms with E-state index < -0.39 is 0 Å². The lowest BCUT2D eigenvalue weighted by molar-refractivity contribution is 0.373. The van der Waals surface area contributed by atoms with Crippen LogP contribution in [0.3, 0.4) is 0 Å². The maximum Gasteiger partial charge on any atom is 0.302 e. The molecule has 2 heterocycles. The molecule has 2 aromatic carbocycles. The van der Waals surface area contributed by atoms with Gasteiger partial charge in [0.05, 0.1) is 12.5 Å². The lowest BCUT2D eigenvalue weighted by Crippen LogP contribution is -2.01. The number of hydrogen-bond acceptors (Lipinski definition) is 6. The first kappa shape index (κ1) is 12.6. The topological polar surface area (TPSA) is 93.0 Å². The highest BCUT2D eigenvalue weighted by Crippen LogP contribution is 2.36. The third-order valence-corrected chi connectivity index (χ3v) is 3.62. The Morgan fingerprint density at radius 2 is 1.86 bits per heavy atom. The number of phenolic OH excluding ortho intramolecular Hbond substituents is 2. The van der Waals surface area contributed by atoms with Crippen molar-refractivity contribution in [2.75, 3.05) is 7.11 Å². The molecule has 4 rings (SSSR count). The largest absolute Gasteiger partial charge is 0.504 e. The fourth-order valence-electron chi connectivity index (χ4n) is 2.58. The number of rotatable bonds is 1. The highest BCUT2D eigenvalue weighted by molar-refractivity contribution is 6.07. The van der Waals surface area contributed by atoms with E-state index in [9.17, 15) is 15.0 Å². The summed E-state index contributed by atoms with van der Waals surface area (Å²) < 4.78 is 16.1. The van der Waals surface area contributed by atoms with E-state index in [0.717, 1.165) is 0 Å². The van der Waals surface area contributed by atoms with Crippen LogP contribution in [0, 0.1) is 0 Å². The van der Waals surface area contributed by atoms with E-state index in [1.165, 1.54) is 25.3 Å². The second kappa shape index (κ2) is 4.17. The molecule has 0 saturated carbocycles. The molecule has 2 N–H and O–H groups in total. The SMILES string of the molecule is COc1cc2oc3oc4c(O)cccc4c3c(=O)c2cc1O. The molecule has 2 aromatic heterocycles. The van der Waals surface area contributed by atoms with Crippen LogP contribution in [-0.2, 0) is 0 Å². The number of ether oxygens (including phenoxy) is 1. The number of fused-ring (bicyclic) bond motifs is 4. The van der Waals surface area contributed by atoms with Crippen LogP contribution in [-0.4, -0.2) is 17.3 Å². The third-order valence-electron chi connectivity index (χ3n) is 3.62. The summed E-state index contributed by atoms with van der Waals surface area (Å²) in [5, 5.41) is 20.6. The molecule has 0 amide bonds. The highest BCUT2D eigenvalue weighted by atomic mass is 16.5. The fourth-order valence-corrected chi connectivity index (χ4v) is 2.58. The highest BCUT2D eigenvalue weighted by Gasteiger charge is 2.19. The maximum absolute atomic E-state index is 12.7. The molecule has 0 aliphatic rings. The molecule has 0 fully saturated rings. The standard InChI is InChI=1S/C16H10O6/c1-20-12-6-11-8(5-10(12)18)14(19)13-7-3-2-4-9(17)15(7)22-16(13)21-11/h2-6,17-18H,1H3. The van der Waals surface area contributed by atoms with E-state index in [2.05, 4.69) is 0 Å². The first-order chi connectivity index (χ1) is 10.6. The second-order valence-corrected chi connectivity index (χ2v) is 4.87. The van der Waals surface area contributed by atoms with Crippen molar-refractivity contribution in [1.29, 1.82) is 0 Å². The average Bonchev–Trinajstić information content (AvgIpc) is 2.88. The van der Waals surface area contributed by atoms with Crippen molar-refractivity contribution in [2.45, 2.75) is 0 Å². The summed E-state index contributed by atoms with van der Waals surface area (Å²) in [6.45, 7) is 0. The van der Waals surface area contributed by atoms with Crippen molar-refractivity contribution >= 4 is 33.1 Å². The minimum absolute atomic E-state index is 0.0155. The summed E-state index contributed by atoms with van der Waals surface area (Å²) in [6.07, 6.45) is 0. The minimum atomic E-state index is -0.349. The molecular formula is C16H10O6. The molecule has 0 atom stereocenters. The Morgan fingerprint density at radius 1 is 1.05 bits per heavy atom. The van der Waals surface area contributed by atoms with Crippen molar-refractivity contribution in [3.8, 4) is 17.2 Å². The lowest BCUT2D eigenvalue weighted by Gasteiger charge is -2.04. The summed E-state index contributed by atoms with van der Waals surface area (Å²) in [7, 11) is 1.40. The molecule has 6 nitrogen and oxygen atoms in total. The van der Waals surface area contributed by atoms with Crippen molar-refractivity contribution in [3.05, 3.63) is 40.6 Å². The van der Waals surface area contributed by atoms with Crippen molar-refractivity contribution < 1.29 is 23.8 Å². The number of hydrogen-bond donors (Lipinski definition) is 2. The average molecular weight is 298 g/mol. The monoisotopic (exact) mass is 298 g/mol.